The maximum atomic E-state index is 14.4. The molecule has 0 bridgehead atoms. The van der Waals surface area contributed by atoms with Gasteiger partial charge in [0.1, 0.15) is 17.3 Å². The van der Waals surface area contributed by atoms with E-state index < -0.39 is 53.4 Å². The number of anilines is 2. The molecule has 1 amide bonds. The van der Waals surface area contributed by atoms with Gasteiger partial charge >= 0.3 is 12.1 Å². The first-order valence-corrected chi connectivity index (χ1v) is 9.76. The lowest BCUT2D eigenvalue weighted by Gasteiger charge is -2.26. The van der Waals surface area contributed by atoms with Crippen LogP contribution in [0.3, 0.4) is 0 Å². The molecule has 176 valence electrons. The normalized spacial score (nSPS) is 19.5. The van der Waals surface area contributed by atoms with Crippen molar-refractivity contribution in [3.05, 3.63) is 59.4 Å². The summed E-state index contributed by atoms with van der Waals surface area (Å²) in [6.07, 6.45) is -6.29. The summed E-state index contributed by atoms with van der Waals surface area (Å²) >= 11 is 0. The van der Waals surface area contributed by atoms with E-state index in [1.807, 2.05) is 0 Å². The molecule has 0 radical (unpaired) electrons. The van der Waals surface area contributed by atoms with E-state index in [-0.39, 0.29) is 30.1 Å². The number of carbonyl (C=O) groups is 1. The molecule has 4 nitrogen and oxygen atoms in total. The molecule has 1 atom stereocenters. The molecule has 2 aliphatic heterocycles. The lowest BCUT2D eigenvalue weighted by molar-refractivity contribution is -0.249. The van der Waals surface area contributed by atoms with Gasteiger partial charge in [0.05, 0.1) is 17.4 Å². The number of alkyl halides is 5. The maximum absolute atomic E-state index is 14.4. The maximum Gasteiger partial charge on any atom is 0.459 e. The SMILES string of the molecule is O=C1CCCN1c1cc(C2CC(C(F)(F)C(F)(F)F)=NN2c2ccc(F)cc2F)ccc1F. The molecule has 1 unspecified atom stereocenters. The molecular weight excluding hydrogens is 462 g/mol. The fourth-order valence-corrected chi connectivity index (χ4v) is 3.86. The number of rotatable bonds is 4. The molecule has 12 heteroatoms. The predicted molar refractivity (Wildman–Crippen MR) is 103 cm³/mol. The van der Waals surface area contributed by atoms with Crippen LogP contribution >= 0.6 is 0 Å². The highest BCUT2D eigenvalue weighted by atomic mass is 19.4. The van der Waals surface area contributed by atoms with Gasteiger partial charge in [-0.1, -0.05) is 6.07 Å². The second kappa shape index (κ2) is 7.99. The summed E-state index contributed by atoms with van der Waals surface area (Å²) in [7, 11) is 0. The molecule has 33 heavy (non-hydrogen) atoms. The average Bonchev–Trinajstić information content (AvgIpc) is 3.35. The van der Waals surface area contributed by atoms with Gasteiger partial charge in [0, 0.05) is 25.5 Å². The standard InChI is InChI=1S/C21H15F8N3O/c22-12-4-6-15(14(24)9-12)32-16(10-18(30-32)20(25,26)21(27,28)29)11-3-5-13(23)17(8-11)31-7-1-2-19(31)33/h3-6,8-9,16H,1-2,7,10H2. The summed E-state index contributed by atoms with van der Waals surface area (Å²) in [4.78, 5) is 13.2. The van der Waals surface area contributed by atoms with E-state index in [4.69, 9.17) is 0 Å². The molecule has 2 aliphatic rings. The second-order valence-corrected chi connectivity index (χ2v) is 7.64. The summed E-state index contributed by atoms with van der Waals surface area (Å²) < 4.78 is 109. The molecule has 1 fully saturated rings. The summed E-state index contributed by atoms with van der Waals surface area (Å²) in [5, 5.41) is 3.94. The van der Waals surface area contributed by atoms with E-state index in [2.05, 4.69) is 5.10 Å². The van der Waals surface area contributed by atoms with Crippen molar-refractivity contribution in [3.63, 3.8) is 0 Å². The van der Waals surface area contributed by atoms with Gasteiger partial charge in [-0.25, -0.2) is 13.2 Å². The third-order valence-electron chi connectivity index (χ3n) is 5.50. The number of nitrogens with zero attached hydrogens (tertiary/aromatic N) is 3. The average molecular weight is 477 g/mol. The van der Waals surface area contributed by atoms with Gasteiger partial charge in [-0.3, -0.25) is 9.80 Å². The van der Waals surface area contributed by atoms with E-state index in [0.29, 0.717) is 17.5 Å². The molecule has 0 N–H and O–H groups in total. The molecular formula is C21H15F8N3O. The zero-order valence-corrected chi connectivity index (χ0v) is 16.6. The van der Waals surface area contributed by atoms with Crippen LogP contribution in [0.1, 0.15) is 30.9 Å². The first-order chi connectivity index (χ1) is 15.4. The topological polar surface area (TPSA) is 35.9 Å². The minimum Gasteiger partial charge on any atom is -0.310 e. The fraction of sp³-hybridized carbons (Fsp3) is 0.333. The van der Waals surface area contributed by atoms with Crippen LogP contribution in [0.5, 0.6) is 0 Å². The minimum absolute atomic E-state index is 0.0200. The van der Waals surface area contributed by atoms with Crippen LogP contribution in [0.4, 0.5) is 46.5 Å². The number of hydrogen-bond donors (Lipinski definition) is 0. The second-order valence-electron chi connectivity index (χ2n) is 7.64. The van der Waals surface area contributed by atoms with E-state index in [1.165, 1.54) is 0 Å². The van der Waals surface area contributed by atoms with Crippen molar-refractivity contribution in [1.82, 2.24) is 0 Å². The van der Waals surface area contributed by atoms with Crippen LogP contribution in [0, 0.1) is 17.5 Å². The smallest absolute Gasteiger partial charge is 0.310 e. The number of carbonyl (C=O) groups excluding carboxylic acids is 1. The summed E-state index contributed by atoms with van der Waals surface area (Å²) in [5.74, 6) is -8.72. The van der Waals surface area contributed by atoms with Gasteiger partial charge in [0.2, 0.25) is 5.91 Å². The monoisotopic (exact) mass is 477 g/mol. The Morgan fingerprint density at radius 3 is 2.24 bits per heavy atom. The molecule has 1 saturated heterocycles. The quantitative estimate of drug-likeness (QED) is 0.527. The lowest BCUT2D eigenvalue weighted by Crippen LogP contribution is -2.43. The van der Waals surface area contributed by atoms with Crippen LogP contribution in [-0.2, 0) is 4.79 Å². The van der Waals surface area contributed by atoms with Crippen LogP contribution in [-0.4, -0.2) is 30.3 Å². The molecule has 0 saturated carbocycles. The molecule has 0 aromatic heterocycles. The van der Waals surface area contributed by atoms with Crippen LogP contribution in [0.25, 0.3) is 0 Å². The van der Waals surface area contributed by atoms with Crippen LogP contribution in [0.2, 0.25) is 0 Å². The summed E-state index contributed by atoms with van der Waals surface area (Å²) in [5.41, 5.74) is -2.28. The van der Waals surface area contributed by atoms with Crippen LogP contribution in [0.15, 0.2) is 41.5 Å². The molecule has 0 spiro atoms. The van der Waals surface area contributed by atoms with Crippen molar-refractivity contribution in [3.8, 4) is 0 Å². The van der Waals surface area contributed by atoms with Gasteiger partial charge in [0.25, 0.3) is 0 Å². The van der Waals surface area contributed by atoms with Gasteiger partial charge in [-0.05, 0) is 36.2 Å². The minimum atomic E-state index is -5.95. The highest BCUT2D eigenvalue weighted by molar-refractivity contribution is 5.97. The molecule has 2 heterocycles. The van der Waals surface area contributed by atoms with Crippen molar-refractivity contribution >= 4 is 23.0 Å². The van der Waals surface area contributed by atoms with Crippen LogP contribution < -0.4 is 9.91 Å². The first kappa shape index (κ1) is 23.0. The van der Waals surface area contributed by atoms with E-state index in [1.54, 1.807) is 0 Å². The Morgan fingerprint density at radius 1 is 0.909 bits per heavy atom. The number of amides is 1. The Labute approximate surface area is 182 Å². The number of halogens is 8. The first-order valence-electron chi connectivity index (χ1n) is 9.76. The summed E-state index contributed by atoms with van der Waals surface area (Å²) in [6, 6.07) is 3.89. The Hall–Kier alpha value is -3.18. The lowest BCUT2D eigenvalue weighted by atomic mass is 9.98. The summed E-state index contributed by atoms with van der Waals surface area (Å²) in [6.45, 7) is 0.202. The third kappa shape index (κ3) is 4.02. The Morgan fingerprint density at radius 2 is 1.64 bits per heavy atom. The molecule has 0 aliphatic carbocycles. The van der Waals surface area contributed by atoms with E-state index in [0.717, 1.165) is 35.2 Å². The van der Waals surface area contributed by atoms with Crippen molar-refractivity contribution in [2.75, 3.05) is 16.5 Å². The Balaban J connectivity index is 1.80. The highest BCUT2D eigenvalue weighted by Gasteiger charge is 2.63. The number of hydrogen-bond acceptors (Lipinski definition) is 3. The van der Waals surface area contributed by atoms with Crippen molar-refractivity contribution in [1.29, 1.82) is 0 Å². The number of hydrazone groups is 1. The third-order valence-corrected chi connectivity index (χ3v) is 5.50. The van der Waals surface area contributed by atoms with Crippen molar-refractivity contribution < 1.29 is 39.9 Å². The van der Waals surface area contributed by atoms with E-state index in [9.17, 15) is 39.9 Å². The largest absolute Gasteiger partial charge is 0.459 e. The molecule has 2 aromatic rings. The fourth-order valence-electron chi connectivity index (χ4n) is 3.86. The number of benzene rings is 2. The van der Waals surface area contributed by atoms with Crippen molar-refractivity contribution in [2.45, 2.75) is 37.4 Å². The van der Waals surface area contributed by atoms with Gasteiger partial charge < -0.3 is 4.90 Å². The van der Waals surface area contributed by atoms with E-state index >= 15 is 0 Å². The Bertz CT molecular complexity index is 1130. The molecule has 4 rings (SSSR count). The van der Waals surface area contributed by atoms with Crippen molar-refractivity contribution in [2.24, 2.45) is 5.10 Å². The Kier molecular flexibility index (Phi) is 5.57. The zero-order valence-electron chi connectivity index (χ0n) is 16.6. The van der Waals surface area contributed by atoms with Gasteiger partial charge in [-0.15, -0.1) is 0 Å². The zero-order chi connectivity index (χ0) is 24.1. The van der Waals surface area contributed by atoms with Gasteiger partial charge in [0.15, 0.2) is 5.82 Å². The highest BCUT2D eigenvalue weighted by Crippen LogP contribution is 2.45. The molecule has 2 aromatic carbocycles. The predicted octanol–water partition coefficient (Wildman–Crippen LogP) is 5.74. The van der Waals surface area contributed by atoms with Gasteiger partial charge in [-0.2, -0.15) is 27.1 Å².